The van der Waals surface area contributed by atoms with E-state index in [1.54, 1.807) is 0 Å². The smallest absolute Gasteiger partial charge is 0.307 e. The number of rotatable bonds is 10. The van der Waals surface area contributed by atoms with Crippen molar-refractivity contribution in [3.05, 3.63) is 35.9 Å². The number of nitrogens with zero attached hydrogens (tertiary/aromatic N) is 1. The van der Waals surface area contributed by atoms with Crippen LogP contribution < -0.4 is 5.32 Å². The van der Waals surface area contributed by atoms with Gasteiger partial charge in [0.05, 0.1) is 13.0 Å². The Morgan fingerprint density at radius 2 is 1.86 bits per heavy atom. The van der Waals surface area contributed by atoms with Crippen molar-refractivity contribution in [1.82, 2.24) is 10.2 Å². The predicted octanol–water partition coefficient (Wildman–Crippen LogP) is 2.61. The minimum Gasteiger partial charge on any atom is -0.466 e. The van der Waals surface area contributed by atoms with Gasteiger partial charge in [0.1, 0.15) is 0 Å². The Kier molecular flexibility index (Phi) is 8.71. The number of likely N-dealkylation sites (N-methyl/N-ethyl adjacent to an activating group) is 1. The van der Waals surface area contributed by atoms with Crippen LogP contribution in [0.2, 0.25) is 0 Å². The molecule has 1 atom stereocenters. The molecule has 1 aromatic rings. The summed E-state index contributed by atoms with van der Waals surface area (Å²) in [6.45, 7) is 10.2. The molecule has 4 nitrogen and oxygen atoms in total. The van der Waals surface area contributed by atoms with Crippen molar-refractivity contribution >= 4 is 5.97 Å². The fraction of sp³-hybridized carbons (Fsp3) is 0.588. The van der Waals surface area contributed by atoms with Gasteiger partial charge in [-0.1, -0.05) is 44.2 Å². The van der Waals surface area contributed by atoms with Gasteiger partial charge < -0.3 is 10.1 Å². The lowest BCUT2D eigenvalue weighted by Gasteiger charge is -2.30. The van der Waals surface area contributed by atoms with Crippen molar-refractivity contribution in [2.75, 3.05) is 32.8 Å². The topological polar surface area (TPSA) is 41.6 Å². The SMILES string of the molecule is CCOC(=O)CCNCC(c1ccccc1)N(CC)CC. The molecule has 1 N–H and O–H groups in total. The molecular formula is C17H28N2O2. The van der Waals surface area contributed by atoms with E-state index in [1.807, 2.05) is 13.0 Å². The summed E-state index contributed by atoms with van der Waals surface area (Å²) in [5.41, 5.74) is 1.31. The second kappa shape index (κ2) is 10.4. The van der Waals surface area contributed by atoms with E-state index in [9.17, 15) is 4.79 Å². The molecule has 0 amide bonds. The van der Waals surface area contributed by atoms with Crippen LogP contribution in [0.25, 0.3) is 0 Å². The first kappa shape index (κ1) is 17.7. The van der Waals surface area contributed by atoms with E-state index in [1.165, 1.54) is 5.56 Å². The second-order valence-corrected chi connectivity index (χ2v) is 4.91. The molecule has 0 aliphatic rings. The number of benzene rings is 1. The standard InChI is InChI=1S/C17H28N2O2/c1-4-19(5-2)16(15-10-8-7-9-11-15)14-18-13-12-17(20)21-6-3/h7-11,16,18H,4-6,12-14H2,1-3H3. The summed E-state index contributed by atoms with van der Waals surface area (Å²) in [4.78, 5) is 13.8. The molecule has 0 bridgehead atoms. The van der Waals surface area contributed by atoms with Gasteiger partial charge in [0.2, 0.25) is 0 Å². The van der Waals surface area contributed by atoms with E-state index in [0.717, 1.165) is 19.6 Å². The molecule has 1 rings (SSSR count). The molecule has 1 aromatic carbocycles. The summed E-state index contributed by atoms with van der Waals surface area (Å²) in [5, 5.41) is 3.38. The molecule has 0 heterocycles. The normalized spacial score (nSPS) is 12.4. The zero-order chi connectivity index (χ0) is 15.5. The molecule has 4 heteroatoms. The van der Waals surface area contributed by atoms with Gasteiger partial charge in [-0.05, 0) is 25.6 Å². The van der Waals surface area contributed by atoms with Crippen LogP contribution in [0.3, 0.4) is 0 Å². The van der Waals surface area contributed by atoms with Crippen molar-refractivity contribution in [2.24, 2.45) is 0 Å². The maximum Gasteiger partial charge on any atom is 0.307 e. The highest BCUT2D eigenvalue weighted by Crippen LogP contribution is 2.19. The van der Waals surface area contributed by atoms with Crippen LogP contribution in [-0.4, -0.2) is 43.7 Å². The molecular weight excluding hydrogens is 264 g/mol. The van der Waals surface area contributed by atoms with Crippen LogP contribution in [0.4, 0.5) is 0 Å². The molecule has 1 unspecified atom stereocenters. The zero-order valence-corrected chi connectivity index (χ0v) is 13.5. The van der Waals surface area contributed by atoms with Crippen LogP contribution >= 0.6 is 0 Å². The largest absolute Gasteiger partial charge is 0.466 e. The number of ether oxygens (including phenoxy) is 1. The molecule has 0 radical (unpaired) electrons. The van der Waals surface area contributed by atoms with Crippen molar-refractivity contribution in [1.29, 1.82) is 0 Å². The number of carbonyl (C=O) groups is 1. The fourth-order valence-electron chi connectivity index (χ4n) is 2.46. The minimum atomic E-state index is -0.135. The molecule has 0 saturated carbocycles. The average molecular weight is 292 g/mol. The summed E-state index contributed by atoms with van der Waals surface area (Å²) in [5.74, 6) is -0.135. The first-order valence-electron chi connectivity index (χ1n) is 7.88. The van der Waals surface area contributed by atoms with Crippen molar-refractivity contribution in [2.45, 2.75) is 33.2 Å². The Labute approximate surface area is 128 Å². The lowest BCUT2D eigenvalue weighted by Crippen LogP contribution is -2.36. The average Bonchev–Trinajstić information content (AvgIpc) is 2.51. The number of hydrogen-bond acceptors (Lipinski definition) is 4. The molecule has 118 valence electrons. The van der Waals surface area contributed by atoms with Gasteiger partial charge in [-0.2, -0.15) is 0 Å². The highest BCUT2D eigenvalue weighted by atomic mass is 16.5. The second-order valence-electron chi connectivity index (χ2n) is 4.91. The number of carbonyl (C=O) groups excluding carboxylic acids is 1. The first-order valence-corrected chi connectivity index (χ1v) is 7.88. The molecule has 21 heavy (non-hydrogen) atoms. The van der Waals surface area contributed by atoms with E-state index < -0.39 is 0 Å². The van der Waals surface area contributed by atoms with Crippen LogP contribution in [0.5, 0.6) is 0 Å². The maximum atomic E-state index is 11.3. The fourth-order valence-corrected chi connectivity index (χ4v) is 2.46. The monoisotopic (exact) mass is 292 g/mol. The van der Waals surface area contributed by atoms with Gasteiger partial charge in [0.25, 0.3) is 0 Å². The van der Waals surface area contributed by atoms with E-state index >= 15 is 0 Å². The zero-order valence-electron chi connectivity index (χ0n) is 13.5. The van der Waals surface area contributed by atoms with E-state index in [2.05, 4.69) is 48.3 Å². The third-order valence-corrected chi connectivity index (χ3v) is 3.59. The van der Waals surface area contributed by atoms with Crippen molar-refractivity contribution in [3.8, 4) is 0 Å². The number of esters is 1. The van der Waals surface area contributed by atoms with Gasteiger partial charge in [-0.15, -0.1) is 0 Å². The van der Waals surface area contributed by atoms with Gasteiger partial charge in [-0.25, -0.2) is 0 Å². The number of hydrogen-bond donors (Lipinski definition) is 1. The number of nitrogens with one attached hydrogen (secondary N) is 1. The lowest BCUT2D eigenvalue weighted by molar-refractivity contribution is -0.142. The highest BCUT2D eigenvalue weighted by molar-refractivity contribution is 5.69. The van der Waals surface area contributed by atoms with Crippen LogP contribution in [0.15, 0.2) is 30.3 Å². The summed E-state index contributed by atoms with van der Waals surface area (Å²) < 4.78 is 4.93. The van der Waals surface area contributed by atoms with E-state index in [4.69, 9.17) is 4.74 Å². The Bertz CT molecular complexity index is 391. The van der Waals surface area contributed by atoms with Crippen LogP contribution in [0.1, 0.15) is 38.8 Å². The van der Waals surface area contributed by atoms with Crippen molar-refractivity contribution in [3.63, 3.8) is 0 Å². The summed E-state index contributed by atoms with van der Waals surface area (Å²) in [6, 6.07) is 10.8. The van der Waals surface area contributed by atoms with E-state index in [0.29, 0.717) is 25.6 Å². The minimum absolute atomic E-state index is 0.135. The third-order valence-electron chi connectivity index (χ3n) is 3.59. The summed E-state index contributed by atoms with van der Waals surface area (Å²) in [7, 11) is 0. The Morgan fingerprint density at radius 1 is 1.19 bits per heavy atom. The van der Waals surface area contributed by atoms with Gasteiger partial charge in [-0.3, -0.25) is 9.69 Å². The van der Waals surface area contributed by atoms with Gasteiger partial charge in [0, 0.05) is 19.1 Å². The van der Waals surface area contributed by atoms with Crippen LogP contribution in [0, 0.1) is 0 Å². The molecule has 0 aliphatic carbocycles. The highest BCUT2D eigenvalue weighted by Gasteiger charge is 2.17. The Morgan fingerprint density at radius 3 is 2.43 bits per heavy atom. The third kappa shape index (κ3) is 6.27. The molecule has 0 fully saturated rings. The molecule has 0 spiro atoms. The quantitative estimate of drug-likeness (QED) is 0.532. The van der Waals surface area contributed by atoms with Gasteiger partial charge in [0.15, 0.2) is 0 Å². The van der Waals surface area contributed by atoms with E-state index in [-0.39, 0.29) is 5.97 Å². The first-order chi connectivity index (χ1) is 10.2. The lowest BCUT2D eigenvalue weighted by atomic mass is 10.1. The summed E-state index contributed by atoms with van der Waals surface area (Å²) >= 11 is 0. The molecule has 0 aliphatic heterocycles. The van der Waals surface area contributed by atoms with Gasteiger partial charge >= 0.3 is 5.97 Å². The summed E-state index contributed by atoms with van der Waals surface area (Å²) in [6.07, 6.45) is 0.424. The van der Waals surface area contributed by atoms with Crippen molar-refractivity contribution < 1.29 is 9.53 Å². The maximum absolute atomic E-state index is 11.3. The molecule has 0 saturated heterocycles. The molecule has 0 aromatic heterocycles. The van der Waals surface area contributed by atoms with Crippen LogP contribution in [-0.2, 0) is 9.53 Å². The Hall–Kier alpha value is -1.39. The Balaban J connectivity index is 2.52. The predicted molar refractivity (Wildman–Crippen MR) is 86.2 cm³/mol.